The van der Waals surface area contributed by atoms with E-state index in [4.69, 9.17) is 5.73 Å². The summed E-state index contributed by atoms with van der Waals surface area (Å²) in [6.45, 7) is 1.96. The van der Waals surface area contributed by atoms with E-state index in [2.05, 4.69) is 5.32 Å². The molecule has 1 saturated heterocycles. The topological polar surface area (TPSA) is 95.7 Å². The van der Waals surface area contributed by atoms with E-state index in [1.807, 2.05) is 4.90 Å². The van der Waals surface area contributed by atoms with E-state index in [1.54, 1.807) is 28.5 Å². The summed E-state index contributed by atoms with van der Waals surface area (Å²) in [5.74, 6) is -1.73. The molecule has 1 fully saturated rings. The molecule has 2 aromatic rings. The molecule has 3 rings (SSSR count). The Morgan fingerprint density at radius 1 is 1.07 bits per heavy atom. The zero-order chi connectivity index (χ0) is 19.4. The van der Waals surface area contributed by atoms with Crippen LogP contribution >= 0.6 is 11.3 Å². The second-order valence-electron chi connectivity index (χ2n) is 6.12. The fourth-order valence-electron chi connectivity index (χ4n) is 2.88. The number of anilines is 1. The number of halogens is 1. The van der Waals surface area contributed by atoms with Crippen LogP contribution in [0.15, 0.2) is 35.7 Å². The lowest BCUT2D eigenvalue weighted by atomic mass is 10.1. The van der Waals surface area contributed by atoms with Gasteiger partial charge in [-0.15, -0.1) is 11.3 Å². The maximum atomic E-state index is 13.8. The molecule has 1 aliphatic heterocycles. The molecule has 3 N–H and O–H groups in total. The highest BCUT2D eigenvalue weighted by Crippen LogP contribution is 2.22. The van der Waals surface area contributed by atoms with Crippen molar-refractivity contribution >= 4 is 34.1 Å². The van der Waals surface area contributed by atoms with Crippen molar-refractivity contribution in [3.05, 3.63) is 52.7 Å². The Hall–Kier alpha value is -2.78. The SMILES string of the molecule is NC(=O)c1ccsc1NC(=O)CN1CCN(C(=O)c2ccccc2F)CC1. The zero-order valence-corrected chi connectivity index (χ0v) is 15.3. The molecule has 7 nitrogen and oxygen atoms in total. The lowest BCUT2D eigenvalue weighted by Gasteiger charge is -2.34. The first-order chi connectivity index (χ1) is 13.0. The lowest BCUT2D eigenvalue weighted by Crippen LogP contribution is -2.50. The van der Waals surface area contributed by atoms with Crippen molar-refractivity contribution in [1.82, 2.24) is 9.80 Å². The summed E-state index contributed by atoms with van der Waals surface area (Å²) in [6.07, 6.45) is 0. The Morgan fingerprint density at radius 2 is 1.78 bits per heavy atom. The Bertz CT molecular complexity index is 862. The predicted octanol–water partition coefficient (Wildman–Crippen LogP) is 1.38. The number of nitrogens with one attached hydrogen (secondary N) is 1. The predicted molar refractivity (Wildman–Crippen MR) is 100 cm³/mol. The largest absolute Gasteiger partial charge is 0.366 e. The minimum absolute atomic E-state index is 0.0559. The highest BCUT2D eigenvalue weighted by molar-refractivity contribution is 7.14. The van der Waals surface area contributed by atoms with E-state index < -0.39 is 11.7 Å². The van der Waals surface area contributed by atoms with E-state index in [9.17, 15) is 18.8 Å². The molecule has 27 heavy (non-hydrogen) atoms. The van der Waals surface area contributed by atoms with Gasteiger partial charge >= 0.3 is 0 Å². The number of carbonyl (C=O) groups excluding carboxylic acids is 3. The fourth-order valence-corrected chi connectivity index (χ4v) is 3.69. The Balaban J connectivity index is 1.51. The molecule has 0 radical (unpaired) electrons. The van der Waals surface area contributed by atoms with Crippen molar-refractivity contribution < 1.29 is 18.8 Å². The lowest BCUT2D eigenvalue weighted by molar-refractivity contribution is -0.117. The summed E-state index contributed by atoms with van der Waals surface area (Å²) in [5, 5.41) is 4.81. The van der Waals surface area contributed by atoms with E-state index in [0.29, 0.717) is 31.2 Å². The number of hydrogen-bond donors (Lipinski definition) is 2. The average molecular weight is 390 g/mol. The van der Waals surface area contributed by atoms with Crippen LogP contribution in [0.25, 0.3) is 0 Å². The molecule has 0 spiro atoms. The first-order valence-corrected chi connectivity index (χ1v) is 9.27. The van der Waals surface area contributed by atoms with Crippen molar-refractivity contribution in [2.24, 2.45) is 5.73 Å². The molecule has 0 unspecified atom stereocenters. The molecule has 9 heteroatoms. The van der Waals surface area contributed by atoms with E-state index in [1.165, 1.54) is 23.5 Å². The molecule has 0 atom stereocenters. The van der Waals surface area contributed by atoms with Crippen LogP contribution in [0.1, 0.15) is 20.7 Å². The fraction of sp³-hybridized carbons (Fsp3) is 0.278. The average Bonchev–Trinajstić information content (AvgIpc) is 3.10. The van der Waals surface area contributed by atoms with Crippen LogP contribution in [0.5, 0.6) is 0 Å². The molecule has 0 bridgehead atoms. The van der Waals surface area contributed by atoms with Gasteiger partial charge in [0.1, 0.15) is 10.8 Å². The standard InChI is InChI=1S/C18H19FN4O3S/c19-14-4-2-1-3-12(14)18(26)23-8-6-22(7-9-23)11-15(24)21-17-13(16(20)25)5-10-27-17/h1-5,10H,6-9,11H2,(H2,20,25)(H,21,24). The van der Waals surface area contributed by atoms with Gasteiger partial charge in [0.25, 0.3) is 11.8 Å². The van der Waals surface area contributed by atoms with Gasteiger partial charge in [-0.1, -0.05) is 12.1 Å². The maximum Gasteiger partial charge on any atom is 0.256 e. The number of nitrogens with zero attached hydrogens (tertiary/aromatic N) is 2. The number of piperazine rings is 1. The minimum atomic E-state index is -0.591. The normalized spacial score (nSPS) is 14.8. The van der Waals surface area contributed by atoms with Gasteiger partial charge in [0.05, 0.1) is 17.7 Å². The van der Waals surface area contributed by atoms with Gasteiger partial charge < -0.3 is 16.0 Å². The first-order valence-electron chi connectivity index (χ1n) is 8.39. The van der Waals surface area contributed by atoms with Gasteiger partial charge in [-0.25, -0.2) is 4.39 Å². The Kier molecular flexibility index (Phi) is 5.82. The third kappa shape index (κ3) is 4.50. The van der Waals surface area contributed by atoms with Crippen LogP contribution in [-0.2, 0) is 4.79 Å². The van der Waals surface area contributed by atoms with Crippen LogP contribution in [0, 0.1) is 5.82 Å². The van der Waals surface area contributed by atoms with Crippen molar-refractivity contribution in [2.75, 3.05) is 38.0 Å². The quantitative estimate of drug-likeness (QED) is 0.806. The second kappa shape index (κ2) is 8.28. The van der Waals surface area contributed by atoms with Crippen LogP contribution < -0.4 is 11.1 Å². The number of hydrogen-bond acceptors (Lipinski definition) is 5. The molecular formula is C18H19FN4O3S. The van der Waals surface area contributed by atoms with E-state index >= 15 is 0 Å². The minimum Gasteiger partial charge on any atom is -0.366 e. The third-order valence-corrected chi connectivity index (χ3v) is 5.14. The number of amides is 3. The highest BCUT2D eigenvalue weighted by Gasteiger charge is 2.25. The van der Waals surface area contributed by atoms with E-state index in [0.717, 1.165) is 0 Å². The Labute approximate surface area is 159 Å². The molecule has 1 aromatic carbocycles. The number of carbonyl (C=O) groups is 3. The molecule has 2 heterocycles. The van der Waals surface area contributed by atoms with E-state index in [-0.39, 0.29) is 29.5 Å². The summed E-state index contributed by atoms with van der Waals surface area (Å²) >= 11 is 1.23. The molecule has 1 aromatic heterocycles. The molecule has 0 saturated carbocycles. The second-order valence-corrected chi connectivity index (χ2v) is 7.04. The smallest absolute Gasteiger partial charge is 0.256 e. The Morgan fingerprint density at radius 3 is 2.44 bits per heavy atom. The maximum absolute atomic E-state index is 13.8. The molecular weight excluding hydrogens is 371 g/mol. The number of rotatable bonds is 5. The van der Waals surface area contributed by atoms with Gasteiger partial charge in [-0.2, -0.15) is 0 Å². The highest BCUT2D eigenvalue weighted by atomic mass is 32.1. The van der Waals surface area contributed by atoms with Gasteiger partial charge in [0.2, 0.25) is 5.91 Å². The van der Waals surface area contributed by atoms with Gasteiger partial charge in [0, 0.05) is 26.2 Å². The zero-order valence-electron chi connectivity index (χ0n) is 14.5. The van der Waals surface area contributed by atoms with Gasteiger partial charge in [0.15, 0.2) is 0 Å². The van der Waals surface area contributed by atoms with Crippen molar-refractivity contribution in [1.29, 1.82) is 0 Å². The first kappa shape index (κ1) is 19.0. The number of primary amides is 1. The van der Waals surface area contributed by atoms with Crippen LogP contribution in [0.4, 0.5) is 9.39 Å². The van der Waals surface area contributed by atoms with Crippen molar-refractivity contribution in [2.45, 2.75) is 0 Å². The molecule has 1 aliphatic rings. The summed E-state index contributed by atoms with van der Waals surface area (Å²) in [7, 11) is 0. The number of thiophene rings is 1. The summed E-state index contributed by atoms with van der Waals surface area (Å²) < 4.78 is 13.8. The van der Waals surface area contributed by atoms with Crippen LogP contribution in [-0.4, -0.2) is 60.2 Å². The number of benzene rings is 1. The summed E-state index contributed by atoms with van der Waals surface area (Å²) in [6, 6.07) is 7.46. The third-order valence-electron chi connectivity index (χ3n) is 4.31. The van der Waals surface area contributed by atoms with Gasteiger partial charge in [-0.05, 0) is 23.6 Å². The van der Waals surface area contributed by atoms with Crippen LogP contribution in [0.2, 0.25) is 0 Å². The monoisotopic (exact) mass is 390 g/mol. The van der Waals surface area contributed by atoms with Crippen molar-refractivity contribution in [3.8, 4) is 0 Å². The number of nitrogens with two attached hydrogens (primary N) is 1. The van der Waals surface area contributed by atoms with Crippen LogP contribution in [0.3, 0.4) is 0 Å². The molecule has 3 amide bonds. The van der Waals surface area contributed by atoms with Crippen molar-refractivity contribution in [3.63, 3.8) is 0 Å². The molecule has 142 valence electrons. The van der Waals surface area contributed by atoms with Gasteiger partial charge in [-0.3, -0.25) is 19.3 Å². The summed E-state index contributed by atoms with van der Waals surface area (Å²) in [5.41, 5.74) is 5.60. The summed E-state index contributed by atoms with van der Waals surface area (Å²) in [4.78, 5) is 39.4. The molecule has 0 aliphatic carbocycles.